The minimum atomic E-state index is -1.88. The summed E-state index contributed by atoms with van der Waals surface area (Å²) in [5.74, 6) is -0.947. The number of rotatable bonds is 2. The van der Waals surface area contributed by atoms with Gasteiger partial charge in [0.2, 0.25) is 0 Å². The van der Waals surface area contributed by atoms with E-state index in [0.29, 0.717) is 0 Å². The van der Waals surface area contributed by atoms with Gasteiger partial charge < -0.3 is 0 Å². The standard InChI is InChI=1S/C7H9N3O4/c1-5-6(9(11)12)3-2-4-7(5,8)10(13)14/h2-5H,8H2,1H3. The number of nitrogens with two attached hydrogens (primary N) is 1. The maximum atomic E-state index is 10.6. The summed E-state index contributed by atoms with van der Waals surface area (Å²) in [4.78, 5) is 19.8. The van der Waals surface area contributed by atoms with Crippen molar-refractivity contribution >= 4 is 0 Å². The second kappa shape index (κ2) is 3.18. The fourth-order valence-electron chi connectivity index (χ4n) is 1.26. The highest BCUT2D eigenvalue weighted by molar-refractivity contribution is 5.22. The van der Waals surface area contributed by atoms with E-state index in [4.69, 9.17) is 5.73 Å². The van der Waals surface area contributed by atoms with Crippen LogP contribution in [0.2, 0.25) is 0 Å². The van der Waals surface area contributed by atoms with Crippen LogP contribution in [0.4, 0.5) is 0 Å². The van der Waals surface area contributed by atoms with Crippen molar-refractivity contribution in [3.63, 3.8) is 0 Å². The third-order valence-electron chi connectivity index (χ3n) is 2.29. The molecule has 0 aromatic carbocycles. The summed E-state index contributed by atoms with van der Waals surface area (Å²) in [6.45, 7) is 1.36. The van der Waals surface area contributed by atoms with Crippen LogP contribution in [-0.4, -0.2) is 15.5 Å². The van der Waals surface area contributed by atoms with Crippen molar-refractivity contribution < 1.29 is 9.85 Å². The highest BCUT2D eigenvalue weighted by atomic mass is 16.6. The van der Waals surface area contributed by atoms with Crippen LogP contribution in [0.5, 0.6) is 0 Å². The predicted octanol–water partition coefficient (Wildman–Crippen LogP) is 0.285. The van der Waals surface area contributed by atoms with Gasteiger partial charge in [0, 0.05) is 17.1 Å². The number of nitro groups is 2. The van der Waals surface area contributed by atoms with Crippen molar-refractivity contribution in [2.24, 2.45) is 11.7 Å². The van der Waals surface area contributed by atoms with Crippen LogP contribution in [0.1, 0.15) is 6.92 Å². The Hall–Kier alpha value is -1.76. The second-order valence-corrected chi connectivity index (χ2v) is 3.07. The fraction of sp³-hybridized carbons (Fsp3) is 0.429. The van der Waals surface area contributed by atoms with Gasteiger partial charge in [-0.1, -0.05) is 6.08 Å². The molecule has 0 fully saturated rings. The van der Waals surface area contributed by atoms with E-state index >= 15 is 0 Å². The van der Waals surface area contributed by atoms with Crippen molar-refractivity contribution in [3.05, 3.63) is 44.2 Å². The monoisotopic (exact) mass is 199 g/mol. The van der Waals surface area contributed by atoms with Gasteiger partial charge in [-0.3, -0.25) is 26.0 Å². The summed E-state index contributed by atoms with van der Waals surface area (Å²) in [6.07, 6.45) is 3.62. The average molecular weight is 199 g/mol. The Kier molecular flexibility index (Phi) is 2.35. The molecule has 0 spiro atoms. The van der Waals surface area contributed by atoms with Gasteiger partial charge >= 0.3 is 5.66 Å². The normalized spacial score (nSPS) is 31.0. The highest BCUT2D eigenvalue weighted by Gasteiger charge is 2.49. The first-order chi connectivity index (χ1) is 6.39. The lowest BCUT2D eigenvalue weighted by Crippen LogP contribution is -2.53. The minimum Gasteiger partial charge on any atom is -0.262 e. The van der Waals surface area contributed by atoms with Crippen LogP contribution >= 0.6 is 0 Å². The third kappa shape index (κ3) is 1.37. The first kappa shape index (κ1) is 10.3. The van der Waals surface area contributed by atoms with E-state index in [0.717, 1.165) is 6.08 Å². The van der Waals surface area contributed by atoms with E-state index in [1.54, 1.807) is 0 Å². The molecule has 1 aliphatic carbocycles. The number of hydrogen-bond acceptors (Lipinski definition) is 5. The van der Waals surface area contributed by atoms with Gasteiger partial charge in [0.1, 0.15) is 5.92 Å². The van der Waals surface area contributed by atoms with E-state index in [9.17, 15) is 20.2 Å². The van der Waals surface area contributed by atoms with Crippen molar-refractivity contribution in [1.82, 2.24) is 0 Å². The van der Waals surface area contributed by atoms with E-state index in [1.807, 2.05) is 0 Å². The SMILES string of the molecule is CC1C([N+](=O)[O-])=CC=CC1(N)[N+](=O)[O-]. The van der Waals surface area contributed by atoms with Gasteiger partial charge in [-0.2, -0.15) is 0 Å². The van der Waals surface area contributed by atoms with Crippen molar-refractivity contribution in [1.29, 1.82) is 0 Å². The molecule has 0 saturated carbocycles. The molecule has 1 rings (SSSR count). The van der Waals surface area contributed by atoms with Gasteiger partial charge in [0.15, 0.2) is 0 Å². The second-order valence-electron chi connectivity index (χ2n) is 3.07. The van der Waals surface area contributed by atoms with Crippen LogP contribution in [0.25, 0.3) is 0 Å². The van der Waals surface area contributed by atoms with E-state index in [2.05, 4.69) is 0 Å². The molecule has 0 aliphatic heterocycles. The molecule has 2 N–H and O–H groups in total. The summed E-state index contributed by atoms with van der Waals surface area (Å²) in [5.41, 5.74) is 3.32. The molecule has 2 atom stereocenters. The minimum absolute atomic E-state index is 0.244. The number of allylic oxidation sites excluding steroid dienone is 2. The first-order valence-electron chi connectivity index (χ1n) is 3.86. The van der Waals surface area contributed by atoms with Crippen molar-refractivity contribution in [3.8, 4) is 0 Å². The average Bonchev–Trinajstić information content (AvgIpc) is 2.09. The van der Waals surface area contributed by atoms with Crippen molar-refractivity contribution in [2.75, 3.05) is 0 Å². The molecule has 0 aromatic heterocycles. The van der Waals surface area contributed by atoms with E-state index < -0.39 is 21.4 Å². The zero-order valence-electron chi connectivity index (χ0n) is 7.41. The lowest BCUT2D eigenvalue weighted by molar-refractivity contribution is -0.571. The van der Waals surface area contributed by atoms with Gasteiger partial charge in [-0.25, -0.2) is 0 Å². The van der Waals surface area contributed by atoms with Crippen LogP contribution < -0.4 is 5.73 Å². The maximum Gasteiger partial charge on any atom is 0.304 e. The molecule has 7 heteroatoms. The molecule has 14 heavy (non-hydrogen) atoms. The quantitative estimate of drug-likeness (QED) is 0.390. The number of nitrogens with zero attached hydrogens (tertiary/aromatic N) is 2. The lowest BCUT2D eigenvalue weighted by atomic mass is 9.88. The summed E-state index contributed by atoms with van der Waals surface area (Å²) in [5, 5.41) is 21.1. The molecule has 0 aromatic rings. The molecule has 76 valence electrons. The maximum absolute atomic E-state index is 10.6. The molecule has 0 radical (unpaired) electrons. The zero-order chi connectivity index (χ0) is 10.9. The predicted molar refractivity (Wildman–Crippen MR) is 47.3 cm³/mol. The third-order valence-corrected chi connectivity index (χ3v) is 2.29. The molecular weight excluding hydrogens is 190 g/mol. The summed E-state index contributed by atoms with van der Waals surface area (Å²) in [7, 11) is 0. The Bertz CT molecular complexity index is 349. The topological polar surface area (TPSA) is 112 Å². The van der Waals surface area contributed by atoms with Crippen LogP contribution in [0, 0.1) is 26.1 Å². The van der Waals surface area contributed by atoms with Crippen molar-refractivity contribution in [2.45, 2.75) is 12.6 Å². The highest BCUT2D eigenvalue weighted by Crippen LogP contribution is 2.28. The molecule has 0 saturated heterocycles. The van der Waals surface area contributed by atoms with Gasteiger partial charge in [-0.05, 0) is 6.92 Å². The molecule has 0 amide bonds. The summed E-state index contributed by atoms with van der Waals surface area (Å²) < 4.78 is 0. The fourth-order valence-corrected chi connectivity index (χ4v) is 1.26. The zero-order valence-corrected chi connectivity index (χ0v) is 7.41. The summed E-state index contributed by atoms with van der Waals surface area (Å²) >= 11 is 0. The molecule has 0 bridgehead atoms. The Morgan fingerprint density at radius 2 is 2.07 bits per heavy atom. The van der Waals surface area contributed by atoms with Crippen LogP contribution in [0.15, 0.2) is 23.9 Å². The molecule has 1 aliphatic rings. The van der Waals surface area contributed by atoms with Gasteiger partial charge in [-0.15, -0.1) is 0 Å². The Morgan fingerprint density at radius 3 is 2.50 bits per heavy atom. The Morgan fingerprint density at radius 1 is 1.50 bits per heavy atom. The largest absolute Gasteiger partial charge is 0.304 e. The molecule has 2 unspecified atom stereocenters. The molecule has 0 heterocycles. The lowest BCUT2D eigenvalue weighted by Gasteiger charge is -2.23. The Balaban J connectivity index is 3.11. The smallest absolute Gasteiger partial charge is 0.262 e. The first-order valence-corrected chi connectivity index (χ1v) is 3.86. The van der Waals surface area contributed by atoms with Crippen LogP contribution in [0.3, 0.4) is 0 Å². The van der Waals surface area contributed by atoms with Crippen LogP contribution in [-0.2, 0) is 0 Å². The Labute approximate surface area is 79.2 Å². The number of hydrogen-bond donors (Lipinski definition) is 1. The molecular formula is C7H9N3O4. The van der Waals surface area contributed by atoms with E-state index in [1.165, 1.54) is 19.1 Å². The molecule has 7 nitrogen and oxygen atoms in total. The summed E-state index contributed by atoms with van der Waals surface area (Å²) in [6, 6.07) is 0. The van der Waals surface area contributed by atoms with E-state index in [-0.39, 0.29) is 5.70 Å². The van der Waals surface area contributed by atoms with Gasteiger partial charge in [0.05, 0.1) is 4.92 Å². The van der Waals surface area contributed by atoms with Gasteiger partial charge in [0.25, 0.3) is 5.70 Å².